The zero-order valence-corrected chi connectivity index (χ0v) is 11.4. The van der Waals surface area contributed by atoms with Gasteiger partial charge in [0, 0.05) is 5.56 Å². The van der Waals surface area contributed by atoms with E-state index in [2.05, 4.69) is 26.0 Å². The van der Waals surface area contributed by atoms with Crippen molar-refractivity contribution in [2.24, 2.45) is 0 Å². The molecule has 2 aromatic heterocycles. The molecule has 0 bridgehead atoms. The topological polar surface area (TPSA) is 30.2 Å². The monoisotopic (exact) mass is 323 g/mol. The second-order valence-electron chi connectivity index (χ2n) is 4.10. The van der Waals surface area contributed by atoms with Gasteiger partial charge in [0.25, 0.3) is 0 Å². The summed E-state index contributed by atoms with van der Waals surface area (Å²) in [6.45, 7) is 1.83. The third-order valence-corrected chi connectivity index (χ3v) is 3.70. The molecule has 0 aliphatic carbocycles. The van der Waals surface area contributed by atoms with Gasteiger partial charge < -0.3 is 0 Å². The molecule has 0 unspecified atom stereocenters. The summed E-state index contributed by atoms with van der Waals surface area (Å²) >= 11 is 3.36. The van der Waals surface area contributed by atoms with Crippen LogP contribution in [0.2, 0.25) is 0 Å². The van der Waals surface area contributed by atoms with Crippen LogP contribution in [-0.2, 0) is 0 Å². The Kier molecular flexibility index (Phi) is 2.82. The molecule has 0 radical (unpaired) electrons. The second kappa shape index (κ2) is 4.38. The molecule has 2 heterocycles. The van der Waals surface area contributed by atoms with Crippen LogP contribution in [-0.4, -0.2) is 14.6 Å². The van der Waals surface area contributed by atoms with Crippen molar-refractivity contribution in [3.8, 4) is 11.3 Å². The van der Waals surface area contributed by atoms with Crippen LogP contribution in [0.4, 0.5) is 8.78 Å². The fourth-order valence-corrected chi connectivity index (χ4v) is 2.20. The Morgan fingerprint density at radius 2 is 1.95 bits per heavy atom. The predicted octanol–water partition coefficient (Wildman–Crippen LogP) is 3.75. The van der Waals surface area contributed by atoms with Gasteiger partial charge >= 0.3 is 0 Å². The van der Waals surface area contributed by atoms with Gasteiger partial charge in [-0.1, -0.05) is 0 Å². The summed E-state index contributed by atoms with van der Waals surface area (Å²) in [5, 5.41) is 4.27. The molecule has 3 aromatic rings. The number of hydrogen-bond acceptors (Lipinski definition) is 2. The maximum Gasteiger partial charge on any atom is 0.155 e. The smallest absolute Gasteiger partial charge is 0.155 e. The molecule has 0 atom stereocenters. The van der Waals surface area contributed by atoms with E-state index in [-0.39, 0.29) is 5.56 Å². The Balaban J connectivity index is 2.25. The Labute approximate surface area is 116 Å². The van der Waals surface area contributed by atoms with Crippen LogP contribution in [0.25, 0.3) is 16.9 Å². The van der Waals surface area contributed by atoms with Crippen LogP contribution >= 0.6 is 15.9 Å². The number of halogens is 3. The summed E-state index contributed by atoms with van der Waals surface area (Å²) in [6.07, 6.45) is 0. The molecule has 6 heteroatoms. The Bertz CT molecular complexity index is 783. The van der Waals surface area contributed by atoms with Crippen molar-refractivity contribution in [2.45, 2.75) is 6.92 Å². The summed E-state index contributed by atoms with van der Waals surface area (Å²) in [5.74, 6) is -1.01. The van der Waals surface area contributed by atoms with Gasteiger partial charge in [-0.3, -0.25) is 0 Å². The van der Waals surface area contributed by atoms with Crippen LogP contribution in [0, 0.1) is 18.6 Å². The molecule has 0 aliphatic heterocycles. The van der Waals surface area contributed by atoms with E-state index in [1.807, 2.05) is 6.92 Å². The minimum atomic E-state index is -0.513. The van der Waals surface area contributed by atoms with Gasteiger partial charge in [0.2, 0.25) is 0 Å². The Morgan fingerprint density at radius 1 is 1.16 bits per heavy atom. The van der Waals surface area contributed by atoms with Gasteiger partial charge in [-0.05, 0) is 53.2 Å². The standard InChI is InChI=1S/C13H8BrF2N3/c1-7-13(14)19-12(17-7)5-4-11(18-19)9-6-8(15)2-3-10(9)16/h2-6H,1H3. The predicted molar refractivity (Wildman–Crippen MR) is 70.8 cm³/mol. The molecule has 3 nitrogen and oxygen atoms in total. The SMILES string of the molecule is Cc1nc2ccc(-c3cc(F)ccc3F)nn2c1Br. The van der Waals surface area contributed by atoms with Crippen molar-refractivity contribution in [1.82, 2.24) is 14.6 Å². The maximum atomic E-state index is 13.7. The van der Waals surface area contributed by atoms with Crippen LogP contribution < -0.4 is 0 Å². The molecule has 0 saturated heterocycles. The van der Waals surface area contributed by atoms with Crippen molar-refractivity contribution < 1.29 is 8.78 Å². The van der Waals surface area contributed by atoms with Gasteiger partial charge in [0.1, 0.15) is 16.2 Å². The number of fused-ring (bicyclic) bond motifs is 1. The molecule has 0 aliphatic rings. The molecular formula is C13H8BrF2N3. The first-order valence-electron chi connectivity index (χ1n) is 5.53. The highest BCUT2D eigenvalue weighted by atomic mass is 79.9. The number of nitrogens with zero attached hydrogens (tertiary/aromatic N) is 3. The summed E-state index contributed by atoms with van der Waals surface area (Å²) in [6, 6.07) is 6.62. The van der Waals surface area contributed by atoms with E-state index < -0.39 is 11.6 Å². The average molecular weight is 324 g/mol. The van der Waals surface area contributed by atoms with E-state index in [9.17, 15) is 8.78 Å². The van der Waals surface area contributed by atoms with E-state index in [0.29, 0.717) is 15.9 Å². The molecule has 0 spiro atoms. The lowest BCUT2D eigenvalue weighted by atomic mass is 10.1. The molecule has 0 amide bonds. The van der Waals surface area contributed by atoms with Gasteiger partial charge in [-0.25, -0.2) is 18.3 Å². The summed E-state index contributed by atoms with van der Waals surface area (Å²) < 4.78 is 29.2. The van der Waals surface area contributed by atoms with E-state index in [1.165, 1.54) is 0 Å². The number of benzene rings is 1. The number of imidazole rings is 1. The molecule has 1 aromatic carbocycles. The first kappa shape index (κ1) is 12.2. The Morgan fingerprint density at radius 3 is 2.74 bits per heavy atom. The zero-order valence-electron chi connectivity index (χ0n) is 9.86. The largest absolute Gasteiger partial charge is 0.231 e. The van der Waals surface area contributed by atoms with Gasteiger partial charge in [-0.2, -0.15) is 5.10 Å². The van der Waals surface area contributed by atoms with E-state index >= 15 is 0 Å². The molecule has 19 heavy (non-hydrogen) atoms. The fourth-order valence-electron chi connectivity index (χ4n) is 1.85. The molecule has 0 N–H and O–H groups in total. The van der Waals surface area contributed by atoms with Crippen molar-refractivity contribution in [3.05, 3.63) is 52.3 Å². The molecule has 96 valence electrons. The minimum absolute atomic E-state index is 0.125. The Hall–Kier alpha value is -1.82. The highest BCUT2D eigenvalue weighted by molar-refractivity contribution is 9.10. The zero-order chi connectivity index (χ0) is 13.6. The lowest BCUT2D eigenvalue weighted by molar-refractivity contribution is 0.602. The minimum Gasteiger partial charge on any atom is -0.231 e. The summed E-state index contributed by atoms with van der Waals surface area (Å²) in [4.78, 5) is 4.27. The maximum absolute atomic E-state index is 13.7. The number of aromatic nitrogens is 3. The summed E-state index contributed by atoms with van der Waals surface area (Å²) in [7, 11) is 0. The number of hydrogen-bond donors (Lipinski definition) is 0. The lowest BCUT2D eigenvalue weighted by Crippen LogP contribution is -1.96. The second-order valence-corrected chi connectivity index (χ2v) is 4.85. The quantitative estimate of drug-likeness (QED) is 0.682. The number of aryl methyl sites for hydroxylation is 1. The molecule has 0 saturated carbocycles. The summed E-state index contributed by atoms with van der Waals surface area (Å²) in [5.41, 5.74) is 1.90. The third-order valence-electron chi connectivity index (χ3n) is 2.79. The number of rotatable bonds is 1. The third kappa shape index (κ3) is 2.02. The fraction of sp³-hybridized carbons (Fsp3) is 0.0769. The van der Waals surface area contributed by atoms with Crippen LogP contribution in [0.1, 0.15) is 5.69 Å². The van der Waals surface area contributed by atoms with Gasteiger partial charge in [0.05, 0.1) is 11.4 Å². The first-order valence-corrected chi connectivity index (χ1v) is 6.33. The highest BCUT2D eigenvalue weighted by Gasteiger charge is 2.12. The van der Waals surface area contributed by atoms with E-state index in [1.54, 1.807) is 16.6 Å². The van der Waals surface area contributed by atoms with Crippen molar-refractivity contribution in [1.29, 1.82) is 0 Å². The van der Waals surface area contributed by atoms with Crippen LogP contribution in [0.3, 0.4) is 0 Å². The van der Waals surface area contributed by atoms with Gasteiger partial charge in [-0.15, -0.1) is 0 Å². The molecule has 0 fully saturated rings. The van der Waals surface area contributed by atoms with Crippen molar-refractivity contribution in [2.75, 3.05) is 0 Å². The molecular weight excluding hydrogens is 316 g/mol. The normalized spacial score (nSPS) is 11.2. The van der Waals surface area contributed by atoms with E-state index in [0.717, 1.165) is 23.9 Å². The van der Waals surface area contributed by atoms with Crippen molar-refractivity contribution >= 4 is 21.6 Å². The van der Waals surface area contributed by atoms with E-state index in [4.69, 9.17) is 0 Å². The van der Waals surface area contributed by atoms with Crippen LogP contribution in [0.15, 0.2) is 34.9 Å². The highest BCUT2D eigenvalue weighted by Crippen LogP contribution is 2.24. The average Bonchev–Trinajstić information content (AvgIpc) is 2.68. The first-order chi connectivity index (χ1) is 9.06. The van der Waals surface area contributed by atoms with Crippen molar-refractivity contribution in [3.63, 3.8) is 0 Å². The van der Waals surface area contributed by atoms with Gasteiger partial charge in [0.15, 0.2) is 5.65 Å². The lowest BCUT2D eigenvalue weighted by Gasteiger charge is -2.04. The van der Waals surface area contributed by atoms with Crippen LogP contribution in [0.5, 0.6) is 0 Å². The molecule has 3 rings (SSSR count).